The molecule has 1 aliphatic carbocycles. The highest BCUT2D eigenvalue weighted by Crippen LogP contribution is 2.50. The minimum absolute atomic E-state index is 0.115. The van der Waals surface area contributed by atoms with Gasteiger partial charge in [-0.25, -0.2) is 4.79 Å². The molecule has 1 aliphatic heterocycles. The van der Waals surface area contributed by atoms with Gasteiger partial charge in [0.1, 0.15) is 5.41 Å². The van der Waals surface area contributed by atoms with E-state index in [1.807, 2.05) is 30.3 Å². The van der Waals surface area contributed by atoms with Gasteiger partial charge in [0.15, 0.2) is 6.10 Å². The molecular weight excluding hydrogens is 310 g/mol. The molecule has 130 valence electrons. The van der Waals surface area contributed by atoms with Crippen molar-refractivity contribution in [3.05, 3.63) is 35.9 Å². The van der Waals surface area contributed by atoms with E-state index in [4.69, 9.17) is 14.3 Å². The van der Waals surface area contributed by atoms with Gasteiger partial charge in [-0.15, -0.1) is 0 Å². The number of nitrogens with zero attached hydrogens (tertiary/aromatic N) is 1. The van der Waals surface area contributed by atoms with Crippen molar-refractivity contribution >= 4 is 11.9 Å². The van der Waals surface area contributed by atoms with Crippen LogP contribution in [0.4, 0.5) is 0 Å². The van der Waals surface area contributed by atoms with Crippen molar-refractivity contribution in [1.29, 1.82) is 0 Å². The Kier molecular flexibility index (Phi) is 4.60. The topological polar surface area (TPSA) is 65.1 Å². The SMILES string of the molecule is COC(=O)[C@@H]1ON(C)[C@@H]2[C@H]1CCCC2(C(=O)OC)c1ccccc1. The van der Waals surface area contributed by atoms with Gasteiger partial charge in [0.05, 0.1) is 20.3 Å². The van der Waals surface area contributed by atoms with E-state index in [1.54, 1.807) is 12.1 Å². The van der Waals surface area contributed by atoms with Gasteiger partial charge < -0.3 is 9.47 Å². The van der Waals surface area contributed by atoms with Crippen LogP contribution in [0.25, 0.3) is 0 Å². The first-order valence-corrected chi connectivity index (χ1v) is 8.17. The predicted molar refractivity (Wildman–Crippen MR) is 85.9 cm³/mol. The van der Waals surface area contributed by atoms with Crippen molar-refractivity contribution in [2.45, 2.75) is 36.8 Å². The Morgan fingerprint density at radius 2 is 1.92 bits per heavy atom. The first-order chi connectivity index (χ1) is 11.6. The van der Waals surface area contributed by atoms with Gasteiger partial charge in [-0.1, -0.05) is 36.8 Å². The number of esters is 2. The van der Waals surface area contributed by atoms with Crippen molar-refractivity contribution in [2.24, 2.45) is 5.92 Å². The van der Waals surface area contributed by atoms with Gasteiger partial charge >= 0.3 is 11.9 Å². The number of hydroxylamine groups is 2. The van der Waals surface area contributed by atoms with Gasteiger partial charge in [-0.3, -0.25) is 9.63 Å². The zero-order valence-corrected chi connectivity index (χ0v) is 14.2. The number of likely N-dealkylation sites (N-methyl/N-ethyl adjacent to an activating group) is 1. The van der Waals surface area contributed by atoms with Crippen LogP contribution in [0.5, 0.6) is 0 Å². The molecule has 0 radical (unpaired) electrons. The highest BCUT2D eigenvalue weighted by Gasteiger charge is 2.61. The largest absolute Gasteiger partial charge is 0.468 e. The summed E-state index contributed by atoms with van der Waals surface area (Å²) >= 11 is 0. The summed E-state index contributed by atoms with van der Waals surface area (Å²) in [6.07, 6.45) is 1.60. The molecule has 1 aromatic rings. The molecule has 0 amide bonds. The van der Waals surface area contributed by atoms with Gasteiger partial charge in [0.2, 0.25) is 0 Å². The predicted octanol–water partition coefficient (Wildman–Crippen LogP) is 1.68. The van der Waals surface area contributed by atoms with Crippen LogP contribution >= 0.6 is 0 Å². The monoisotopic (exact) mass is 333 g/mol. The number of rotatable bonds is 3. The van der Waals surface area contributed by atoms with E-state index in [1.165, 1.54) is 14.2 Å². The molecule has 1 saturated heterocycles. The van der Waals surface area contributed by atoms with Gasteiger partial charge in [-0.05, 0) is 18.4 Å². The molecule has 1 aromatic carbocycles. The second-order valence-corrected chi connectivity index (χ2v) is 6.43. The lowest BCUT2D eigenvalue weighted by atomic mass is 9.61. The van der Waals surface area contributed by atoms with Crippen molar-refractivity contribution in [2.75, 3.05) is 21.3 Å². The number of fused-ring (bicyclic) bond motifs is 1. The zero-order valence-electron chi connectivity index (χ0n) is 14.2. The summed E-state index contributed by atoms with van der Waals surface area (Å²) < 4.78 is 10.1. The molecule has 0 N–H and O–H groups in total. The minimum atomic E-state index is -0.851. The number of benzene rings is 1. The lowest BCUT2D eigenvalue weighted by molar-refractivity contribution is -0.185. The molecule has 2 fully saturated rings. The Bertz CT molecular complexity index is 619. The highest BCUT2D eigenvalue weighted by molar-refractivity contribution is 5.85. The van der Waals surface area contributed by atoms with E-state index in [0.29, 0.717) is 6.42 Å². The van der Waals surface area contributed by atoms with Crippen molar-refractivity contribution in [1.82, 2.24) is 5.06 Å². The molecule has 6 heteroatoms. The number of methoxy groups -OCH3 is 2. The molecule has 0 spiro atoms. The van der Waals surface area contributed by atoms with E-state index in [2.05, 4.69) is 0 Å². The first kappa shape index (κ1) is 16.9. The van der Waals surface area contributed by atoms with Gasteiger partial charge in [0.25, 0.3) is 0 Å². The summed E-state index contributed by atoms with van der Waals surface area (Å²) in [5.74, 6) is -0.803. The van der Waals surface area contributed by atoms with Crippen LogP contribution in [-0.2, 0) is 29.3 Å². The van der Waals surface area contributed by atoms with Crippen LogP contribution in [0.3, 0.4) is 0 Å². The van der Waals surface area contributed by atoms with Crippen LogP contribution in [0.1, 0.15) is 24.8 Å². The first-order valence-electron chi connectivity index (χ1n) is 8.17. The number of carbonyl (C=O) groups is 2. The van der Waals surface area contributed by atoms with E-state index >= 15 is 0 Å². The fourth-order valence-electron chi connectivity index (χ4n) is 4.42. The molecule has 4 atom stereocenters. The minimum Gasteiger partial charge on any atom is -0.468 e. The van der Waals surface area contributed by atoms with Crippen molar-refractivity contribution in [3.8, 4) is 0 Å². The van der Waals surface area contributed by atoms with E-state index in [9.17, 15) is 9.59 Å². The van der Waals surface area contributed by atoms with Crippen LogP contribution < -0.4 is 0 Å². The van der Waals surface area contributed by atoms with Crippen LogP contribution in [0, 0.1) is 5.92 Å². The number of carbonyl (C=O) groups excluding carboxylic acids is 2. The zero-order chi connectivity index (χ0) is 17.3. The maximum absolute atomic E-state index is 12.9. The van der Waals surface area contributed by atoms with Crippen LogP contribution in [0.2, 0.25) is 0 Å². The molecule has 3 rings (SSSR count). The smallest absolute Gasteiger partial charge is 0.337 e. The summed E-state index contributed by atoms with van der Waals surface area (Å²) in [5, 5.41) is 1.65. The fraction of sp³-hybridized carbons (Fsp3) is 0.556. The lowest BCUT2D eigenvalue weighted by Gasteiger charge is -2.44. The molecule has 1 unspecified atom stereocenters. The van der Waals surface area contributed by atoms with E-state index < -0.39 is 17.5 Å². The summed E-state index contributed by atoms with van der Waals surface area (Å²) in [6, 6.07) is 9.36. The average molecular weight is 333 g/mol. The van der Waals surface area contributed by atoms with Gasteiger partial charge in [0, 0.05) is 13.0 Å². The average Bonchev–Trinajstić information content (AvgIpc) is 2.98. The molecule has 0 bridgehead atoms. The van der Waals surface area contributed by atoms with Crippen LogP contribution in [0.15, 0.2) is 30.3 Å². The van der Waals surface area contributed by atoms with E-state index in [-0.39, 0.29) is 17.9 Å². The third-order valence-electron chi connectivity index (χ3n) is 5.35. The fourth-order valence-corrected chi connectivity index (χ4v) is 4.42. The maximum atomic E-state index is 12.9. The third-order valence-corrected chi connectivity index (χ3v) is 5.35. The number of hydrogen-bond acceptors (Lipinski definition) is 6. The number of ether oxygens (including phenoxy) is 2. The Morgan fingerprint density at radius 1 is 1.21 bits per heavy atom. The molecule has 0 aromatic heterocycles. The quantitative estimate of drug-likeness (QED) is 0.784. The van der Waals surface area contributed by atoms with Crippen LogP contribution in [-0.4, -0.2) is 50.4 Å². The molecule has 6 nitrogen and oxygen atoms in total. The Balaban J connectivity index is 2.09. The Hall–Kier alpha value is -1.92. The number of hydrogen-bond donors (Lipinski definition) is 0. The van der Waals surface area contributed by atoms with Crippen molar-refractivity contribution < 1.29 is 23.9 Å². The summed E-state index contributed by atoms with van der Waals surface area (Å²) in [6.45, 7) is 0. The van der Waals surface area contributed by atoms with Crippen molar-refractivity contribution in [3.63, 3.8) is 0 Å². The summed E-state index contributed by atoms with van der Waals surface area (Å²) in [4.78, 5) is 30.8. The second-order valence-electron chi connectivity index (χ2n) is 6.43. The summed E-state index contributed by atoms with van der Waals surface area (Å²) in [7, 11) is 4.53. The highest BCUT2D eigenvalue weighted by atomic mass is 16.7. The molecule has 24 heavy (non-hydrogen) atoms. The lowest BCUT2D eigenvalue weighted by Crippen LogP contribution is -2.57. The third kappa shape index (κ3) is 2.41. The Morgan fingerprint density at radius 3 is 2.54 bits per heavy atom. The molecule has 1 heterocycles. The molecule has 1 saturated carbocycles. The van der Waals surface area contributed by atoms with E-state index in [0.717, 1.165) is 18.4 Å². The summed E-state index contributed by atoms with van der Waals surface area (Å²) in [5.41, 5.74) is 0.0451. The standard InChI is InChI=1S/C18H23NO5/c1-19-15-13(14(24-19)16(20)22-2)10-7-11-18(15,17(21)23-3)12-8-5-4-6-9-12/h4-6,8-9,13-15H,7,10-11H2,1-3H3/t13-,14+,15+,18?/m0/s1. The molecule has 2 aliphatic rings. The maximum Gasteiger partial charge on any atom is 0.337 e. The molecular formula is C18H23NO5. The normalized spacial score (nSPS) is 32.9. The van der Waals surface area contributed by atoms with Gasteiger partial charge in [-0.2, -0.15) is 5.06 Å². The second kappa shape index (κ2) is 6.53. The Labute approximate surface area is 141 Å².